The first-order valence-electron chi connectivity index (χ1n) is 4.66. The van der Waals surface area contributed by atoms with E-state index in [1.165, 1.54) is 20.8 Å². The van der Waals surface area contributed by atoms with Crippen LogP contribution in [0, 0.1) is 41.7 Å². The molecule has 0 aliphatic rings. The quantitative estimate of drug-likeness (QED) is 0.319. The number of hydrogen-bond acceptors (Lipinski definition) is 6. The van der Waals surface area contributed by atoms with Gasteiger partial charge in [-0.15, -0.1) is 0 Å². The fourth-order valence-electron chi connectivity index (χ4n) is 0. The van der Waals surface area contributed by atoms with E-state index < -0.39 is 36.2 Å². The predicted octanol–water partition coefficient (Wildman–Crippen LogP) is -1.64. The molecule has 0 spiro atoms. The molecular formula is C9H18CeO9. The molecule has 0 aliphatic carbocycles. The van der Waals surface area contributed by atoms with Crippen LogP contribution in [0.3, 0.4) is 0 Å². The third-order valence-corrected chi connectivity index (χ3v) is 1.07. The molecule has 112 valence electrons. The van der Waals surface area contributed by atoms with Crippen molar-refractivity contribution in [2.45, 2.75) is 39.1 Å². The van der Waals surface area contributed by atoms with E-state index in [0.29, 0.717) is 0 Å². The minimum Gasteiger partial charge on any atom is -0.479 e. The van der Waals surface area contributed by atoms with Crippen LogP contribution in [0.25, 0.3) is 0 Å². The number of aliphatic hydroxyl groups excluding tert-OH is 3. The summed E-state index contributed by atoms with van der Waals surface area (Å²) in [7, 11) is 0. The van der Waals surface area contributed by atoms with Crippen molar-refractivity contribution in [3.63, 3.8) is 0 Å². The average molecular weight is 410 g/mol. The van der Waals surface area contributed by atoms with Gasteiger partial charge in [0.15, 0.2) is 0 Å². The zero-order valence-electron chi connectivity index (χ0n) is 10.6. The second kappa shape index (κ2) is 15.7. The standard InChI is InChI=1S/3C3H6O3.Ce/c3*1-2(4)3(5)6;/h3*2,4H,1H3,(H,5,6);. The summed E-state index contributed by atoms with van der Waals surface area (Å²) in [6.07, 6.45) is -3.69. The van der Waals surface area contributed by atoms with Crippen molar-refractivity contribution in [3.8, 4) is 0 Å². The van der Waals surface area contributed by atoms with E-state index in [-0.39, 0.29) is 41.7 Å². The molecule has 0 rings (SSSR count). The second-order valence-corrected chi connectivity index (χ2v) is 3.04. The first kappa shape index (κ1) is 27.1. The van der Waals surface area contributed by atoms with Crippen molar-refractivity contribution >= 4 is 17.9 Å². The van der Waals surface area contributed by atoms with Crippen LogP contribution in [0.2, 0.25) is 0 Å². The monoisotopic (exact) mass is 410 g/mol. The van der Waals surface area contributed by atoms with Gasteiger partial charge in [-0.1, -0.05) is 0 Å². The van der Waals surface area contributed by atoms with Crippen molar-refractivity contribution < 1.29 is 86.8 Å². The van der Waals surface area contributed by atoms with Crippen molar-refractivity contribution in [2.24, 2.45) is 0 Å². The molecule has 0 saturated heterocycles. The van der Waals surface area contributed by atoms with E-state index in [4.69, 9.17) is 30.6 Å². The van der Waals surface area contributed by atoms with Gasteiger partial charge in [0.25, 0.3) is 0 Å². The molecule has 9 nitrogen and oxygen atoms in total. The summed E-state index contributed by atoms with van der Waals surface area (Å²) in [4.78, 5) is 28.3. The molecule has 0 bridgehead atoms. The molecule has 3 atom stereocenters. The number of rotatable bonds is 3. The molecule has 0 aromatic heterocycles. The van der Waals surface area contributed by atoms with Crippen LogP contribution in [0.5, 0.6) is 0 Å². The predicted molar refractivity (Wildman–Crippen MR) is 57.9 cm³/mol. The Morgan fingerprint density at radius 3 is 0.684 bits per heavy atom. The van der Waals surface area contributed by atoms with Crippen LogP contribution in [-0.2, 0) is 14.4 Å². The van der Waals surface area contributed by atoms with Gasteiger partial charge in [-0.3, -0.25) is 0 Å². The van der Waals surface area contributed by atoms with Crippen LogP contribution in [0.15, 0.2) is 0 Å². The Bertz CT molecular complexity index is 220. The molecule has 19 heavy (non-hydrogen) atoms. The fourth-order valence-corrected chi connectivity index (χ4v) is 0. The third kappa shape index (κ3) is 31.9. The summed E-state index contributed by atoms with van der Waals surface area (Å²) in [5.74, 6) is -3.56. The Morgan fingerprint density at radius 2 is 0.684 bits per heavy atom. The fraction of sp³-hybridized carbons (Fsp3) is 0.667. The molecule has 0 fully saturated rings. The number of aliphatic hydroxyl groups is 3. The zero-order valence-corrected chi connectivity index (χ0v) is 13.8. The van der Waals surface area contributed by atoms with Gasteiger partial charge in [0.2, 0.25) is 0 Å². The average Bonchev–Trinajstić information content (AvgIpc) is 2.18. The molecule has 3 unspecified atom stereocenters. The topological polar surface area (TPSA) is 173 Å². The first-order valence-corrected chi connectivity index (χ1v) is 4.66. The minimum absolute atomic E-state index is 0. The van der Waals surface area contributed by atoms with Crippen LogP contribution in [0.1, 0.15) is 20.8 Å². The van der Waals surface area contributed by atoms with Gasteiger partial charge in [0.1, 0.15) is 18.3 Å². The zero-order chi connectivity index (χ0) is 15.5. The molecular weight excluding hydrogens is 392 g/mol. The van der Waals surface area contributed by atoms with Gasteiger partial charge >= 0.3 is 17.9 Å². The van der Waals surface area contributed by atoms with Crippen LogP contribution >= 0.6 is 0 Å². The summed E-state index contributed by atoms with van der Waals surface area (Å²) < 4.78 is 0. The normalized spacial score (nSPS) is 12.9. The summed E-state index contributed by atoms with van der Waals surface area (Å²) >= 11 is 0. The van der Waals surface area contributed by atoms with Crippen LogP contribution in [-0.4, -0.2) is 66.9 Å². The van der Waals surface area contributed by atoms with E-state index in [1.807, 2.05) is 0 Å². The van der Waals surface area contributed by atoms with Gasteiger partial charge < -0.3 is 30.6 Å². The Kier molecular flexibility index (Phi) is 22.4. The van der Waals surface area contributed by atoms with Crippen molar-refractivity contribution in [2.75, 3.05) is 0 Å². The summed E-state index contributed by atoms with van der Waals surface area (Å²) in [5.41, 5.74) is 0. The van der Waals surface area contributed by atoms with E-state index >= 15 is 0 Å². The Morgan fingerprint density at radius 1 is 0.632 bits per heavy atom. The van der Waals surface area contributed by atoms with Crippen molar-refractivity contribution in [1.29, 1.82) is 0 Å². The van der Waals surface area contributed by atoms with Crippen molar-refractivity contribution in [3.05, 3.63) is 0 Å². The number of aliphatic carboxylic acids is 3. The number of carbonyl (C=O) groups is 3. The van der Waals surface area contributed by atoms with E-state index in [0.717, 1.165) is 0 Å². The Balaban J connectivity index is -0.0000000865. The number of carboxylic acid groups (broad SMARTS) is 3. The molecule has 6 N–H and O–H groups in total. The Hall–Kier alpha value is -0.333. The molecule has 10 heteroatoms. The smallest absolute Gasteiger partial charge is 0.332 e. The molecule has 0 aromatic rings. The number of carboxylic acids is 3. The third-order valence-electron chi connectivity index (χ3n) is 1.07. The maximum absolute atomic E-state index is 9.45. The molecule has 0 amide bonds. The molecule has 0 aromatic carbocycles. The largest absolute Gasteiger partial charge is 0.479 e. The van der Waals surface area contributed by atoms with E-state index in [1.54, 1.807) is 0 Å². The van der Waals surface area contributed by atoms with E-state index in [9.17, 15) is 14.4 Å². The number of hydrogen-bond donors (Lipinski definition) is 6. The van der Waals surface area contributed by atoms with Gasteiger partial charge in [0.05, 0.1) is 0 Å². The SMILES string of the molecule is CC(O)C(=O)O.CC(O)C(=O)O.CC(O)C(=O)O.[Ce]. The van der Waals surface area contributed by atoms with Gasteiger partial charge in [0, 0.05) is 41.7 Å². The summed E-state index contributed by atoms with van der Waals surface area (Å²) in [6, 6.07) is 0. The summed E-state index contributed by atoms with van der Waals surface area (Å²) in [5, 5.41) is 47.3. The molecule has 0 saturated carbocycles. The minimum atomic E-state index is -1.23. The maximum Gasteiger partial charge on any atom is 0.332 e. The summed E-state index contributed by atoms with van der Waals surface area (Å²) in [6.45, 7) is 3.59. The van der Waals surface area contributed by atoms with Crippen LogP contribution in [0.4, 0.5) is 0 Å². The van der Waals surface area contributed by atoms with Gasteiger partial charge in [-0.25, -0.2) is 14.4 Å². The Labute approximate surface area is 143 Å². The van der Waals surface area contributed by atoms with E-state index in [2.05, 4.69) is 0 Å². The van der Waals surface area contributed by atoms with Crippen LogP contribution < -0.4 is 0 Å². The van der Waals surface area contributed by atoms with Gasteiger partial charge in [-0.05, 0) is 20.8 Å². The van der Waals surface area contributed by atoms with Crippen molar-refractivity contribution in [1.82, 2.24) is 0 Å². The molecule has 0 radical (unpaired) electrons. The van der Waals surface area contributed by atoms with Gasteiger partial charge in [-0.2, -0.15) is 0 Å². The first-order chi connectivity index (χ1) is 7.93. The second-order valence-electron chi connectivity index (χ2n) is 3.04. The maximum atomic E-state index is 9.45. The molecule has 0 aliphatic heterocycles. The molecule has 0 heterocycles.